The van der Waals surface area contributed by atoms with Crippen LogP contribution in [-0.2, 0) is 9.53 Å². The Labute approximate surface area is 85.1 Å². The quantitative estimate of drug-likeness (QED) is 0.411. The third-order valence-corrected chi connectivity index (χ3v) is 4.36. The van der Waals surface area contributed by atoms with Gasteiger partial charge in [0.05, 0.1) is 5.25 Å². The van der Waals surface area contributed by atoms with Gasteiger partial charge >= 0.3 is 5.97 Å². The number of hydrogen-bond acceptors (Lipinski definition) is 5. The first-order chi connectivity index (χ1) is 5.72. The summed E-state index contributed by atoms with van der Waals surface area (Å²) in [5.41, 5.74) is 0. The highest BCUT2D eigenvalue weighted by atomic mass is 32.2. The highest BCUT2D eigenvalue weighted by molar-refractivity contribution is 8.49. The summed E-state index contributed by atoms with van der Waals surface area (Å²) in [4.78, 5) is 10.7. The molecule has 1 aliphatic rings. The Morgan fingerprint density at radius 3 is 3.17 bits per heavy atom. The highest BCUT2D eigenvalue weighted by Gasteiger charge is 2.21. The molecule has 0 aromatic rings. The largest absolute Gasteiger partial charge is 0.461 e. The van der Waals surface area contributed by atoms with Gasteiger partial charge in [-0.1, -0.05) is 30.6 Å². The first kappa shape index (κ1) is 10.1. The molecule has 12 heavy (non-hydrogen) atoms. The van der Waals surface area contributed by atoms with Crippen molar-refractivity contribution in [3.05, 3.63) is 12.7 Å². The molecule has 0 N–H and O–H groups in total. The van der Waals surface area contributed by atoms with Gasteiger partial charge in [0.25, 0.3) is 0 Å². The summed E-state index contributed by atoms with van der Waals surface area (Å²) in [6.45, 7) is 3.74. The molecule has 1 aliphatic heterocycles. The molecule has 1 atom stereocenters. The molecule has 1 fully saturated rings. The van der Waals surface area contributed by atoms with Gasteiger partial charge in [0.15, 0.2) is 0 Å². The SMILES string of the molecule is C=CC(=O)OCC1CSC(=S)S1. The maximum absolute atomic E-state index is 10.7. The molecule has 0 spiro atoms. The van der Waals surface area contributed by atoms with Gasteiger partial charge in [-0.25, -0.2) is 4.79 Å². The van der Waals surface area contributed by atoms with Gasteiger partial charge in [-0.05, 0) is 0 Å². The molecule has 0 amide bonds. The van der Waals surface area contributed by atoms with Crippen molar-refractivity contribution in [2.24, 2.45) is 0 Å². The zero-order valence-corrected chi connectivity index (χ0v) is 8.77. The molecule has 1 rings (SSSR count). The Bertz CT molecular complexity index is 215. The summed E-state index contributed by atoms with van der Waals surface area (Å²) in [5.74, 6) is 0.576. The van der Waals surface area contributed by atoms with Crippen LogP contribution in [0.25, 0.3) is 0 Å². The van der Waals surface area contributed by atoms with Crippen LogP contribution in [0.3, 0.4) is 0 Å². The van der Waals surface area contributed by atoms with Crippen molar-refractivity contribution in [2.75, 3.05) is 12.4 Å². The topological polar surface area (TPSA) is 26.3 Å². The van der Waals surface area contributed by atoms with Crippen molar-refractivity contribution >= 4 is 45.2 Å². The fourth-order valence-electron chi connectivity index (χ4n) is 0.681. The molecule has 1 heterocycles. The van der Waals surface area contributed by atoms with Crippen LogP contribution in [0.2, 0.25) is 0 Å². The van der Waals surface area contributed by atoms with Crippen molar-refractivity contribution in [1.29, 1.82) is 0 Å². The standard InChI is InChI=1S/C7H8O2S3/c1-2-6(8)9-3-5-4-11-7(10)12-5/h2,5H,1,3-4H2. The van der Waals surface area contributed by atoms with Crippen LogP contribution in [0.1, 0.15) is 0 Å². The highest BCUT2D eigenvalue weighted by Crippen LogP contribution is 2.32. The Morgan fingerprint density at radius 1 is 1.92 bits per heavy atom. The lowest BCUT2D eigenvalue weighted by molar-refractivity contribution is -0.137. The van der Waals surface area contributed by atoms with Gasteiger partial charge < -0.3 is 4.74 Å². The van der Waals surface area contributed by atoms with Gasteiger partial charge in [-0.3, -0.25) is 0 Å². The van der Waals surface area contributed by atoms with E-state index in [9.17, 15) is 4.79 Å². The van der Waals surface area contributed by atoms with E-state index in [2.05, 4.69) is 6.58 Å². The third-order valence-electron chi connectivity index (χ3n) is 1.23. The second-order valence-corrected chi connectivity index (χ2v) is 5.66. The van der Waals surface area contributed by atoms with Crippen LogP contribution in [0.15, 0.2) is 12.7 Å². The summed E-state index contributed by atoms with van der Waals surface area (Å²) in [6.07, 6.45) is 1.17. The smallest absolute Gasteiger partial charge is 0.330 e. The fourth-order valence-corrected chi connectivity index (χ4v) is 3.48. The number of thiocarbonyl (C=S) groups is 1. The van der Waals surface area contributed by atoms with E-state index in [0.29, 0.717) is 11.9 Å². The summed E-state index contributed by atoms with van der Waals surface area (Å²) in [5, 5.41) is 0.325. The molecule has 0 aromatic heterocycles. The number of carbonyl (C=O) groups is 1. The molecule has 2 nitrogen and oxygen atoms in total. The molecule has 0 aliphatic carbocycles. The van der Waals surface area contributed by atoms with Crippen LogP contribution in [-0.4, -0.2) is 27.1 Å². The third kappa shape index (κ3) is 3.16. The summed E-state index contributed by atoms with van der Waals surface area (Å²) in [6, 6.07) is 0. The minimum Gasteiger partial charge on any atom is -0.461 e. The van der Waals surface area contributed by atoms with Gasteiger partial charge in [0, 0.05) is 11.8 Å². The molecule has 66 valence electrons. The molecule has 0 aromatic carbocycles. The Hall–Kier alpha value is -0.000000000000000111. The van der Waals surface area contributed by atoms with E-state index in [-0.39, 0.29) is 5.97 Å². The van der Waals surface area contributed by atoms with E-state index in [1.54, 1.807) is 23.5 Å². The van der Waals surface area contributed by atoms with Crippen LogP contribution in [0.5, 0.6) is 0 Å². The first-order valence-corrected chi connectivity index (χ1v) is 5.62. The molecule has 5 heteroatoms. The molecular weight excluding hydrogens is 212 g/mol. The Balaban J connectivity index is 2.20. The Morgan fingerprint density at radius 2 is 2.67 bits per heavy atom. The second-order valence-electron chi connectivity index (χ2n) is 2.14. The molecule has 1 saturated heterocycles. The lowest BCUT2D eigenvalue weighted by atomic mass is 10.5. The summed E-state index contributed by atoms with van der Waals surface area (Å²) < 4.78 is 5.81. The lowest BCUT2D eigenvalue weighted by Crippen LogP contribution is -2.14. The van der Waals surface area contributed by atoms with E-state index < -0.39 is 0 Å². The van der Waals surface area contributed by atoms with E-state index in [4.69, 9.17) is 17.0 Å². The van der Waals surface area contributed by atoms with Crippen molar-refractivity contribution < 1.29 is 9.53 Å². The fraction of sp³-hybridized carbons (Fsp3) is 0.429. The minimum absolute atomic E-state index is 0.325. The van der Waals surface area contributed by atoms with Crippen molar-refractivity contribution in [3.8, 4) is 0 Å². The molecule has 0 radical (unpaired) electrons. The lowest BCUT2D eigenvalue weighted by Gasteiger charge is -2.05. The number of esters is 1. The van der Waals surface area contributed by atoms with Gasteiger partial charge in [0.2, 0.25) is 0 Å². The molecule has 1 unspecified atom stereocenters. The number of thioether (sulfide) groups is 2. The van der Waals surface area contributed by atoms with E-state index >= 15 is 0 Å². The van der Waals surface area contributed by atoms with Gasteiger partial charge in [-0.15, -0.1) is 11.8 Å². The minimum atomic E-state index is -0.363. The number of ether oxygens (including phenoxy) is 1. The van der Waals surface area contributed by atoms with E-state index in [1.165, 1.54) is 6.08 Å². The molecular formula is C7H8O2S3. The van der Waals surface area contributed by atoms with Gasteiger partial charge in [0.1, 0.15) is 10.1 Å². The zero-order valence-electron chi connectivity index (χ0n) is 6.32. The van der Waals surface area contributed by atoms with Crippen molar-refractivity contribution in [3.63, 3.8) is 0 Å². The van der Waals surface area contributed by atoms with Crippen molar-refractivity contribution in [2.45, 2.75) is 5.25 Å². The normalized spacial score (nSPS) is 22.3. The summed E-state index contributed by atoms with van der Waals surface area (Å²) in [7, 11) is 0. The van der Waals surface area contributed by atoms with Crippen LogP contribution >= 0.6 is 35.7 Å². The second kappa shape index (κ2) is 4.89. The van der Waals surface area contributed by atoms with E-state index in [0.717, 1.165) is 9.28 Å². The monoisotopic (exact) mass is 220 g/mol. The van der Waals surface area contributed by atoms with Gasteiger partial charge in [-0.2, -0.15) is 0 Å². The molecule has 0 bridgehead atoms. The van der Waals surface area contributed by atoms with Crippen LogP contribution in [0, 0.1) is 0 Å². The summed E-state index contributed by atoms with van der Waals surface area (Å²) >= 11 is 8.21. The first-order valence-electron chi connectivity index (χ1n) is 3.35. The average Bonchev–Trinajstić information content (AvgIpc) is 2.47. The maximum atomic E-state index is 10.7. The zero-order chi connectivity index (χ0) is 8.97. The average molecular weight is 220 g/mol. The predicted molar refractivity (Wildman–Crippen MR) is 57.6 cm³/mol. The number of carbonyl (C=O) groups excluding carboxylic acids is 1. The van der Waals surface area contributed by atoms with Crippen LogP contribution < -0.4 is 0 Å². The predicted octanol–water partition coefficient (Wildman–Crippen LogP) is 1.85. The van der Waals surface area contributed by atoms with Crippen molar-refractivity contribution in [1.82, 2.24) is 0 Å². The van der Waals surface area contributed by atoms with E-state index in [1.807, 2.05) is 0 Å². The number of rotatable bonds is 3. The maximum Gasteiger partial charge on any atom is 0.330 e. The molecule has 0 saturated carbocycles. The Kier molecular flexibility index (Phi) is 4.11. The van der Waals surface area contributed by atoms with Crippen LogP contribution in [0.4, 0.5) is 0 Å². The number of hydrogen-bond donors (Lipinski definition) is 0.